The van der Waals surface area contributed by atoms with Crippen LogP contribution in [0.1, 0.15) is 24.1 Å². The molecule has 1 aliphatic heterocycles. The van der Waals surface area contributed by atoms with Crippen molar-refractivity contribution in [3.63, 3.8) is 0 Å². The van der Waals surface area contributed by atoms with Gasteiger partial charge in [-0.05, 0) is 37.5 Å². The van der Waals surface area contributed by atoms with Gasteiger partial charge in [0.15, 0.2) is 0 Å². The quantitative estimate of drug-likeness (QED) is 0.926. The second-order valence-corrected chi connectivity index (χ2v) is 6.48. The maximum absolute atomic E-state index is 12.4. The van der Waals surface area contributed by atoms with Crippen molar-refractivity contribution in [3.05, 3.63) is 52.8 Å². The summed E-state index contributed by atoms with van der Waals surface area (Å²) in [6, 6.07) is 9.46. The third-order valence-electron chi connectivity index (χ3n) is 4.34. The predicted octanol–water partition coefficient (Wildman–Crippen LogP) is 2.97. The predicted molar refractivity (Wildman–Crippen MR) is 95.0 cm³/mol. The Hall–Kier alpha value is -2.14. The molecule has 0 atom stereocenters. The highest BCUT2D eigenvalue weighted by Gasteiger charge is 2.26. The maximum Gasteiger partial charge on any atom is 0.225 e. The van der Waals surface area contributed by atoms with Crippen LogP contribution in [0.4, 0.5) is 5.95 Å². The summed E-state index contributed by atoms with van der Waals surface area (Å²) in [4.78, 5) is 23.3. The van der Waals surface area contributed by atoms with Gasteiger partial charge in [0.05, 0.1) is 0 Å². The monoisotopic (exact) mass is 344 g/mol. The molecule has 0 aliphatic carbocycles. The number of nitrogens with one attached hydrogen (secondary N) is 1. The number of hydrogen-bond acceptors (Lipinski definition) is 4. The average molecular weight is 345 g/mol. The summed E-state index contributed by atoms with van der Waals surface area (Å²) in [5.41, 5.74) is 1.90. The third kappa shape index (κ3) is 4.03. The van der Waals surface area contributed by atoms with Crippen LogP contribution >= 0.6 is 11.6 Å². The molecule has 24 heavy (non-hydrogen) atoms. The van der Waals surface area contributed by atoms with Crippen molar-refractivity contribution < 1.29 is 4.79 Å². The lowest BCUT2D eigenvalue weighted by atomic mass is 9.96. The molecular formula is C18H21ClN4O. The van der Waals surface area contributed by atoms with Crippen molar-refractivity contribution in [1.29, 1.82) is 0 Å². The maximum atomic E-state index is 12.4. The first-order valence-electron chi connectivity index (χ1n) is 8.19. The van der Waals surface area contributed by atoms with Crippen molar-refractivity contribution in [1.82, 2.24) is 15.3 Å². The first kappa shape index (κ1) is 16.7. The van der Waals surface area contributed by atoms with Crippen LogP contribution in [0.2, 0.25) is 5.02 Å². The normalized spacial score (nSPS) is 15.3. The van der Waals surface area contributed by atoms with Crippen LogP contribution in [-0.2, 0) is 11.3 Å². The molecule has 3 rings (SSSR count). The highest BCUT2D eigenvalue weighted by Crippen LogP contribution is 2.21. The fourth-order valence-electron chi connectivity index (χ4n) is 2.90. The van der Waals surface area contributed by atoms with Gasteiger partial charge in [-0.1, -0.05) is 29.8 Å². The minimum atomic E-state index is 0.0357. The van der Waals surface area contributed by atoms with Crippen molar-refractivity contribution in [2.75, 3.05) is 18.0 Å². The minimum absolute atomic E-state index is 0.0357. The first-order chi connectivity index (χ1) is 11.6. The molecule has 2 aromatic rings. The fourth-order valence-corrected chi connectivity index (χ4v) is 3.10. The fraction of sp³-hybridized carbons (Fsp3) is 0.389. The number of nitrogens with zero attached hydrogens (tertiary/aromatic N) is 3. The van der Waals surface area contributed by atoms with Crippen LogP contribution < -0.4 is 10.2 Å². The Bertz CT molecular complexity index is 714. The molecule has 1 N–H and O–H groups in total. The molecule has 5 nitrogen and oxygen atoms in total. The summed E-state index contributed by atoms with van der Waals surface area (Å²) in [6.07, 6.45) is 3.40. The van der Waals surface area contributed by atoms with Crippen LogP contribution in [-0.4, -0.2) is 29.0 Å². The topological polar surface area (TPSA) is 58.1 Å². The lowest BCUT2D eigenvalue weighted by Gasteiger charge is -2.31. The number of carbonyl (C=O) groups excluding carboxylic acids is 1. The van der Waals surface area contributed by atoms with Crippen molar-refractivity contribution in [2.45, 2.75) is 26.3 Å². The Kier molecular flexibility index (Phi) is 5.30. The number of hydrogen-bond donors (Lipinski definition) is 1. The largest absolute Gasteiger partial charge is 0.352 e. The van der Waals surface area contributed by atoms with E-state index in [0.717, 1.165) is 43.1 Å². The van der Waals surface area contributed by atoms with Crippen molar-refractivity contribution in [3.8, 4) is 0 Å². The van der Waals surface area contributed by atoms with Crippen LogP contribution in [0, 0.1) is 12.8 Å². The molecule has 2 heterocycles. The number of piperidine rings is 1. The second-order valence-electron chi connectivity index (χ2n) is 6.07. The standard InChI is InChI=1S/C18H21ClN4O/c1-13-6-9-20-18(22-13)23-10-7-14(8-11-23)17(24)21-12-15-4-2-3-5-16(15)19/h2-6,9,14H,7-8,10-12H2,1H3,(H,21,24). The van der Waals surface area contributed by atoms with Crippen LogP contribution in [0.5, 0.6) is 0 Å². The summed E-state index contributed by atoms with van der Waals surface area (Å²) in [5.74, 6) is 0.887. The Morgan fingerprint density at radius 3 is 2.75 bits per heavy atom. The van der Waals surface area contributed by atoms with E-state index in [4.69, 9.17) is 11.6 Å². The van der Waals surface area contributed by atoms with E-state index in [1.807, 2.05) is 37.3 Å². The molecule has 1 saturated heterocycles. The molecule has 1 aliphatic rings. The smallest absolute Gasteiger partial charge is 0.225 e. The zero-order valence-electron chi connectivity index (χ0n) is 13.7. The van der Waals surface area contributed by atoms with Gasteiger partial charge in [-0.3, -0.25) is 4.79 Å². The molecule has 1 aromatic carbocycles. The van der Waals surface area contributed by atoms with E-state index >= 15 is 0 Å². The number of benzene rings is 1. The van der Waals surface area contributed by atoms with Gasteiger partial charge in [-0.2, -0.15) is 0 Å². The lowest BCUT2D eigenvalue weighted by molar-refractivity contribution is -0.125. The van der Waals surface area contributed by atoms with Gasteiger partial charge in [-0.15, -0.1) is 0 Å². The molecule has 1 amide bonds. The number of halogens is 1. The van der Waals surface area contributed by atoms with E-state index in [1.54, 1.807) is 6.20 Å². The van der Waals surface area contributed by atoms with Crippen LogP contribution in [0.3, 0.4) is 0 Å². The van der Waals surface area contributed by atoms with Gasteiger partial charge in [0.2, 0.25) is 11.9 Å². The average Bonchev–Trinajstić information content (AvgIpc) is 2.61. The lowest BCUT2D eigenvalue weighted by Crippen LogP contribution is -2.41. The number of anilines is 1. The first-order valence-corrected chi connectivity index (χ1v) is 8.57. The Labute approximate surface area is 147 Å². The summed E-state index contributed by atoms with van der Waals surface area (Å²) >= 11 is 6.12. The van der Waals surface area contributed by atoms with E-state index in [1.165, 1.54) is 0 Å². The summed E-state index contributed by atoms with van der Waals surface area (Å²) < 4.78 is 0. The molecule has 0 unspecified atom stereocenters. The number of rotatable bonds is 4. The molecule has 126 valence electrons. The van der Waals surface area contributed by atoms with Gasteiger partial charge in [0.25, 0.3) is 0 Å². The van der Waals surface area contributed by atoms with Gasteiger partial charge >= 0.3 is 0 Å². The SMILES string of the molecule is Cc1ccnc(N2CCC(C(=O)NCc3ccccc3Cl)CC2)n1. The Morgan fingerprint density at radius 1 is 1.29 bits per heavy atom. The molecule has 1 fully saturated rings. The number of carbonyl (C=O) groups is 1. The Morgan fingerprint density at radius 2 is 2.04 bits per heavy atom. The van der Waals surface area contributed by atoms with E-state index in [2.05, 4.69) is 20.2 Å². The molecule has 0 spiro atoms. The van der Waals surface area contributed by atoms with Gasteiger partial charge < -0.3 is 10.2 Å². The zero-order chi connectivity index (χ0) is 16.9. The van der Waals surface area contributed by atoms with Gasteiger partial charge in [0.1, 0.15) is 0 Å². The van der Waals surface area contributed by atoms with Gasteiger partial charge in [0, 0.05) is 42.5 Å². The summed E-state index contributed by atoms with van der Waals surface area (Å²) in [7, 11) is 0. The number of amides is 1. The van der Waals surface area contributed by atoms with E-state index in [9.17, 15) is 4.79 Å². The summed E-state index contributed by atoms with van der Waals surface area (Å²) in [6.45, 7) is 4.03. The molecule has 1 aromatic heterocycles. The minimum Gasteiger partial charge on any atom is -0.352 e. The second kappa shape index (κ2) is 7.62. The van der Waals surface area contributed by atoms with E-state index in [0.29, 0.717) is 11.6 Å². The van der Waals surface area contributed by atoms with Gasteiger partial charge in [-0.25, -0.2) is 9.97 Å². The van der Waals surface area contributed by atoms with Crippen molar-refractivity contribution >= 4 is 23.5 Å². The summed E-state index contributed by atoms with van der Waals surface area (Å²) in [5, 5.41) is 3.68. The third-order valence-corrected chi connectivity index (χ3v) is 4.71. The number of aromatic nitrogens is 2. The molecule has 0 bridgehead atoms. The van der Waals surface area contributed by atoms with E-state index in [-0.39, 0.29) is 11.8 Å². The highest BCUT2D eigenvalue weighted by atomic mass is 35.5. The highest BCUT2D eigenvalue weighted by molar-refractivity contribution is 6.31. The van der Waals surface area contributed by atoms with Crippen LogP contribution in [0.15, 0.2) is 36.5 Å². The molecule has 0 saturated carbocycles. The number of aryl methyl sites for hydroxylation is 1. The zero-order valence-corrected chi connectivity index (χ0v) is 14.5. The Balaban J connectivity index is 1.51. The molecule has 6 heteroatoms. The van der Waals surface area contributed by atoms with Crippen molar-refractivity contribution in [2.24, 2.45) is 5.92 Å². The van der Waals surface area contributed by atoms with Crippen LogP contribution in [0.25, 0.3) is 0 Å². The van der Waals surface area contributed by atoms with E-state index < -0.39 is 0 Å². The molecule has 0 radical (unpaired) electrons. The molecular weight excluding hydrogens is 324 g/mol.